The molecule has 0 saturated heterocycles. The molecule has 4 aromatic rings. The maximum absolute atomic E-state index is 13.2. The van der Waals surface area contributed by atoms with Crippen molar-refractivity contribution in [3.8, 4) is 28.7 Å². The van der Waals surface area contributed by atoms with Crippen LogP contribution in [0.2, 0.25) is 0 Å². The number of ether oxygens (including phenoxy) is 2. The molecule has 2 aromatic carbocycles. The topological polar surface area (TPSA) is 88.1 Å². The van der Waals surface area contributed by atoms with Crippen LogP contribution in [-0.4, -0.2) is 31.2 Å². The van der Waals surface area contributed by atoms with Crippen molar-refractivity contribution in [1.29, 1.82) is 0 Å². The number of aromatic nitrogens is 5. The molecule has 0 aliphatic carbocycles. The average Bonchev–Trinajstić information content (AvgIpc) is 3.41. The van der Waals surface area contributed by atoms with Crippen LogP contribution in [0.5, 0.6) is 5.75 Å². The minimum atomic E-state index is -0.280. The lowest BCUT2D eigenvalue weighted by molar-refractivity contribution is -0.00120. The van der Waals surface area contributed by atoms with Gasteiger partial charge in [-0.2, -0.15) is 4.98 Å². The summed E-state index contributed by atoms with van der Waals surface area (Å²) in [5, 5.41) is 12.5. The lowest BCUT2D eigenvalue weighted by Gasteiger charge is -2.24. The molecule has 1 aliphatic heterocycles. The molecule has 0 N–H and O–H groups in total. The van der Waals surface area contributed by atoms with Crippen LogP contribution in [-0.2, 0) is 17.9 Å². The maximum atomic E-state index is 13.2. The van der Waals surface area contributed by atoms with E-state index in [-0.39, 0.29) is 30.5 Å². The van der Waals surface area contributed by atoms with Gasteiger partial charge in [-0.15, -0.1) is 5.10 Å². The Labute approximate surface area is 177 Å². The summed E-state index contributed by atoms with van der Waals surface area (Å²) in [6, 6.07) is 13.8. The molecule has 0 radical (unpaired) electrons. The Hall–Kier alpha value is -3.59. The maximum Gasteiger partial charge on any atom is 0.280 e. The van der Waals surface area contributed by atoms with E-state index in [2.05, 4.69) is 20.5 Å². The summed E-state index contributed by atoms with van der Waals surface area (Å²) >= 11 is 0. The minimum absolute atomic E-state index is 0.104. The highest BCUT2D eigenvalue weighted by Crippen LogP contribution is 2.31. The molecule has 1 atom stereocenters. The predicted molar refractivity (Wildman–Crippen MR) is 108 cm³/mol. The molecule has 0 spiro atoms. The Bertz CT molecular complexity index is 1180. The van der Waals surface area contributed by atoms with Gasteiger partial charge in [-0.25, -0.2) is 9.07 Å². The van der Waals surface area contributed by atoms with E-state index in [9.17, 15) is 4.39 Å². The summed E-state index contributed by atoms with van der Waals surface area (Å²) in [7, 11) is 0. The fraction of sp³-hybridized carbons (Fsp3) is 0.273. The molecule has 0 fully saturated rings. The fourth-order valence-electron chi connectivity index (χ4n) is 3.45. The quantitative estimate of drug-likeness (QED) is 0.477. The summed E-state index contributed by atoms with van der Waals surface area (Å²) in [5.41, 5.74) is 2.94. The van der Waals surface area contributed by atoms with E-state index in [4.69, 9.17) is 14.0 Å². The molecule has 31 heavy (non-hydrogen) atoms. The standard InChI is InChI=1S/C22H20FN5O3/c1-13(2)30-17-9-5-15(6-10-17)21-24-22(31-26-21)20-18-12-29-19(11-28(18)27-25-20)14-3-7-16(23)8-4-14/h3-10,13,19H,11-12H2,1-2H3/t19-/m1/s1. The molecule has 0 saturated carbocycles. The van der Waals surface area contributed by atoms with Crippen LogP contribution in [0.15, 0.2) is 53.1 Å². The Morgan fingerprint density at radius 2 is 1.87 bits per heavy atom. The first-order valence-electron chi connectivity index (χ1n) is 9.97. The number of nitrogens with zero attached hydrogens (tertiary/aromatic N) is 5. The van der Waals surface area contributed by atoms with Gasteiger partial charge in [0.1, 0.15) is 17.7 Å². The molecule has 0 unspecified atom stereocenters. The van der Waals surface area contributed by atoms with Gasteiger partial charge in [0.05, 0.1) is 24.9 Å². The normalized spacial score (nSPS) is 15.8. The van der Waals surface area contributed by atoms with E-state index < -0.39 is 0 Å². The van der Waals surface area contributed by atoms with Crippen molar-refractivity contribution in [2.45, 2.75) is 39.2 Å². The Morgan fingerprint density at radius 3 is 2.61 bits per heavy atom. The first-order chi connectivity index (χ1) is 15.1. The number of hydrogen-bond acceptors (Lipinski definition) is 7. The van der Waals surface area contributed by atoms with E-state index in [1.807, 2.05) is 38.1 Å². The number of fused-ring (bicyclic) bond motifs is 1. The van der Waals surface area contributed by atoms with Gasteiger partial charge in [0, 0.05) is 5.56 Å². The van der Waals surface area contributed by atoms with Crippen molar-refractivity contribution in [2.75, 3.05) is 0 Å². The fourth-order valence-corrected chi connectivity index (χ4v) is 3.45. The van der Waals surface area contributed by atoms with Crippen LogP contribution in [0.3, 0.4) is 0 Å². The van der Waals surface area contributed by atoms with Gasteiger partial charge in [-0.3, -0.25) is 0 Å². The van der Waals surface area contributed by atoms with Gasteiger partial charge < -0.3 is 14.0 Å². The van der Waals surface area contributed by atoms with E-state index in [0.29, 0.717) is 18.1 Å². The van der Waals surface area contributed by atoms with E-state index in [0.717, 1.165) is 22.6 Å². The molecule has 3 heterocycles. The van der Waals surface area contributed by atoms with Crippen molar-refractivity contribution in [2.24, 2.45) is 0 Å². The average molecular weight is 421 g/mol. The first kappa shape index (κ1) is 19.4. The highest BCUT2D eigenvalue weighted by Gasteiger charge is 2.28. The third-order valence-corrected chi connectivity index (χ3v) is 4.95. The van der Waals surface area contributed by atoms with Gasteiger partial charge in [-0.05, 0) is 55.8 Å². The van der Waals surface area contributed by atoms with Crippen LogP contribution in [0.25, 0.3) is 23.0 Å². The Kier molecular flexibility index (Phi) is 4.95. The highest BCUT2D eigenvalue weighted by molar-refractivity contribution is 5.59. The number of halogens is 1. The van der Waals surface area contributed by atoms with Gasteiger partial charge in [0.25, 0.3) is 5.89 Å². The molecule has 158 valence electrons. The van der Waals surface area contributed by atoms with E-state index in [1.54, 1.807) is 16.8 Å². The second-order valence-corrected chi connectivity index (χ2v) is 7.53. The zero-order valence-electron chi connectivity index (χ0n) is 17.0. The minimum Gasteiger partial charge on any atom is -0.491 e. The van der Waals surface area contributed by atoms with E-state index >= 15 is 0 Å². The zero-order chi connectivity index (χ0) is 21.4. The monoisotopic (exact) mass is 421 g/mol. The van der Waals surface area contributed by atoms with Crippen LogP contribution in [0.1, 0.15) is 31.2 Å². The zero-order valence-corrected chi connectivity index (χ0v) is 17.0. The molecule has 8 nitrogen and oxygen atoms in total. The largest absolute Gasteiger partial charge is 0.491 e. The second kappa shape index (κ2) is 7.92. The first-order valence-corrected chi connectivity index (χ1v) is 9.97. The predicted octanol–water partition coefficient (Wildman–Crippen LogP) is 4.19. The summed E-state index contributed by atoms with van der Waals surface area (Å²) in [4.78, 5) is 4.48. The van der Waals surface area contributed by atoms with Crippen molar-refractivity contribution in [3.63, 3.8) is 0 Å². The number of rotatable bonds is 5. The van der Waals surface area contributed by atoms with Gasteiger partial charge >= 0.3 is 0 Å². The van der Waals surface area contributed by atoms with Crippen LogP contribution >= 0.6 is 0 Å². The second-order valence-electron chi connectivity index (χ2n) is 7.53. The van der Waals surface area contributed by atoms with Crippen LogP contribution in [0, 0.1) is 5.82 Å². The lowest BCUT2D eigenvalue weighted by Crippen LogP contribution is -2.22. The van der Waals surface area contributed by atoms with Crippen LogP contribution < -0.4 is 4.74 Å². The van der Waals surface area contributed by atoms with Crippen molar-refractivity contribution >= 4 is 0 Å². The third kappa shape index (κ3) is 3.91. The number of hydrogen-bond donors (Lipinski definition) is 0. The van der Waals surface area contributed by atoms with Crippen LogP contribution in [0.4, 0.5) is 4.39 Å². The molecule has 2 aromatic heterocycles. The van der Waals surface area contributed by atoms with Gasteiger partial charge in [0.15, 0.2) is 5.69 Å². The molecule has 0 amide bonds. The molecule has 1 aliphatic rings. The van der Waals surface area contributed by atoms with Gasteiger partial charge in [0.2, 0.25) is 5.82 Å². The smallest absolute Gasteiger partial charge is 0.280 e. The van der Waals surface area contributed by atoms with Gasteiger partial charge in [-0.1, -0.05) is 22.5 Å². The summed E-state index contributed by atoms with van der Waals surface area (Å²) < 4.78 is 32.0. The molecule has 5 rings (SSSR count). The van der Waals surface area contributed by atoms with Crippen molar-refractivity contribution in [1.82, 2.24) is 25.1 Å². The molecular formula is C22H20FN5O3. The highest BCUT2D eigenvalue weighted by atomic mass is 19.1. The molecular weight excluding hydrogens is 401 g/mol. The van der Waals surface area contributed by atoms with Crippen molar-refractivity contribution < 1.29 is 18.4 Å². The van der Waals surface area contributed by atoms with E-state index in [1.165, 1.54) is 12.1 Å². The Morgan fingerprint density at radius 1 is 1.10 bits per heavy atom. The molecule has 9 heteroatoms. The lowest BCUT2D eigenvalue weighted by atomic mass is 10.1. The Balaban J connectivity index is 1.35. The summed E-state index contributed by atoms with van der Waals surface area (Å²) in [6.45, 7) is 4.70. The SMILES string of the molecule is CC(C)Oc1ccc(-c2noc(-c3nnn4c3CO[C@@H](c3ccc(F)cc3)C4)n2)cc1. The third-order valence-electron chi connectivity index (χ3n) is 4.95. The summed E-state index contributed by atoms with van der Waals surface area (Å²) in [6.07, 6.45) is -0.125. The van der Waals surface area contributed by atoms with Crippen molar-refractivity contribution in [3.05, 3.63) is 65.6 Å². The number of benzene rings is 2. The summed E-state index contributed by atoms with van der Waals surface area (Å²) in [5.74, 6) is 1.23. The molecule has 0 bridgehead atoms.